The minimum atomic E-state index is -0.107. The second-order valence-electron chi connectivity index (χ2n) is 7.92. The molecule has 0 aliphatic carbocycles. The number of benzene rings is 3. The van der Waals surface area contributed by atoms with E-state index in [1.165, 1.54) is 11.8 Å². The van der Waals surface area contributed by atoms with E-state index in [-0.39, 0.29) is 17.5 Å². The predicted molar refractivity (Wildman–Crippen MR) is 139 cm³/mol. The Hall–Kier alpha value is -2.80. The highest BCUT2D eigenvalue weighted by Gasteiger charge is 2.21. The Balaban J connectivity index is 1.74. The van der Waals surface area contributed by atoms with Crippen molar-refractivity contribution in [3.63, 3.8) is 0 Å². The van der Waals surface area contributed by atoms with Crippen molar-refractivity contribution in [2.24, 2.45) is 0 Å². The lowest BCUT2D eigenvalue weighted by molar-refractivity contribution is 0.102. The summed E-state index contributed by atoms with van der Waals surface area (Å²) in [5.41, 5.74) is 3.46. The molecule has 0 amide bonds. The number of Topliss-reactive ketones (excluding diaryl/α,β-unsaturated/α-hetero) is 1. The second kappa shape index (κ2) is 10.6. The van der Waals surface area contributed by atoms with Crippen LogP contribution in [0.2, 0.25) is 10.0 Å². The molecule has 0 fully saturated rings. The van der Waals surface area contributed by atoms with Gasteiger partial charge >= 0.3 is 0 Å². The molecule has 0 radical (unpaired) electrons. The van der Waals surface area contributed by atoms with Crippen LogP contribution in [-0.2, 0) is 0 Å². The summed E-state index contributed by atoms with van der Waals surface area (Å²) in [6, 6.07) is 20.7. The highest BCUT2D eigenvalue weighted by molar-refractivity contribution is 7.99. The number of hydrogen-bond acceptors (Lipinski definition) is 5. The number of halogens is 2. The molecule has 8 heteroatoms. The minimum absolute atomic E-state index is 0.107. The van der Waals surface area contributed by atoms with Gasteiger partial charge in [-0.3, -0.25) is 9.36 Å². The fraction of sp³-hybridized carbons (Fsp3) is 0.192. The van der Waals surface area contributed by atoms with E-state index in [9.17, 15) is 4.79 Å². The smallest absolute Gasteiger partial charge is 0.196 e. The Morgan fingerprint density at radius 1 is 1.03 bits per heavy atom. The summed E-state index contributed by atoms with van der Waals surface area (Å²) in [5, 5.41) is 10.4. The molecule has 0 N–H and O–H groups in total. The maximum absolute atomic E-state index is 12.9. The first-order chi connectivity index (χ1) is 16.4. The van der Waals surface area contributed by atoms with Gasteiger partial charge in [-0.25, -0.2) is 0 Å². The highest BCUT2D eigenvalue weighted by Crippen LogP contribution is 2.33. The van der Waals surface area contributed by atoms with Crippen molar-refractivity contribution >= 4 is 40.7 Å². The van der Waals surface area contributed by atoms with Gasteiger partial charge in [0.15, 0.2) is 16.8 Å². The van der Waals surface area contributed by atoms with Crippen molar-refractivity contribution < 1.29 is 9.53 Å². The summed E-state index contributed by atoms with van der Waals surface area (Å²) in [4.78, 5) is 12.9. The summed E-state index contributed by atoms with van der Waals surface area (Å²) in [5.74, 6) is 1.79. The quantitative estimate of drug-likeness (QED) is 0.183. The number of hydrogen-bond donors (Lipinski definition) is 0. The zero-order valence-electron chi connectivity index (χ0n) is 19.0. The third-order valence-electron chi connectivity index (χ3n) is 5.35. The van der Waals surface area contributed by atoms with E-state index in [0.717, 1.165) is 22.6 Å². The Labute approximate surface area is 213 Å². The second-order valence-corrected chi connectivity index (χ2v) is 9.71. The van der Waals surface area contributed by atoms with E-state index in [2.05, 4.69) is 30.1 Å². The summed E-state index contributed by atoms with van der Waals surface area (Å²) < 4.78 is 7.31. The Morgan fingerprint density at radius 2 is 1.76 bits per heavy atom. The lowest BCUT2D eigenvalue weighted by Gasteiger charge is -2.17. The van der Waals surface area contributed by atoms with E-state index < -0.39 is 0 Å². The van der Waals surface area contributed by atoms with Gasteiger partial charge in [-0.05, 0) is 60.0 Å². The number of para-hydroxylation sites is 1. The van der Waals surface area contributed by atoms with Gasteiger partial charge in [0.05, 0.1) is 23.6 Å². The van der Waals surface area contributed by atoms with E-state index in [0.29, 0.717) is 26.6 Å². The van der Waals surface area contributed by atoms with Crippen LogP contribution in [0.5, 0.6) is 5.75 Å². The fourth-order valence-electron chi connectivity index (χ4n) is 3.61. The summed E-state index contributed by atoms with van der Waals surface area (Å²) in [7, 11) is 1.63. The first-order valence-corrected chi connectivity index (χ1v) is 12.4. The van der Waals surface area contributed by atoms with E-state index in [1.807, 2.05) is 47.0 Å². The molecule has 34 heavy (non-hydrogen) atoms. The standard InChI is InChI=1S/C26H23Cl2N3O2S/c1-16(2)20-6-4-5-7-23(20)31-25(17-8-11-19(33-3)12-9-17)29-30-26(31)34-15-24(32)21-13-10-18(27)14-22(21)28/h4-14,16H,15H2,1-3H3. The predicted octanol–water partition coefficient (Wildman–Crippen LogP) is 7.35. The molecule has 0 bridgehead atoms. The van der Waals surface area contributed by atoms with Crippen molar-refractivity contribution in [2.45, 2.75) is 24.9 Å². The zero-order valence-corrected chi connectivity index (χ0v) is 21.3. The lowest BCUT2D eigenvalue weighted by Crippen LogP contribution is -2.07. The topological polar surface area (TPSA) is 57.0 Å². The molecule has 0 aliphatic heterocycles. The minimum Gasteiger partial charge on any atom is -0.497 e. The summed E-state index contributed by atoms with van der Waals surface area (Å²) >= 11 is 13.5. The number of carbonyl (C=O) groups is 1. The number of nitrogens with zero attached hydrogens (tertiary/aromatic N) is 3. The zero-order chi connectivity index (χ0) is 24.2. The van der Waals surface area contributed by atoms with Crippen molar-refractivity contribution in [2.75, 3.05) is 12.9 Å². The number of ether oxygens (including phenoxy) is 1. The number of thioether (sulfide) groups is 1. The van der Waals surface area contributed by atoms with E-state index in [1.54, 1.807) is 25.3 Å². The molecule has 0 atom stereocenters. The molecule has 0 aliphatic rings. The average Bonchev–Trinajstić information content (AvgIpc) is 3.26. The Kier molecular flexibility index (Phi) is 7.61. The van der Waals surface area contributed by atoms with Crippen LogP contribution >= 0.6 is 35.0 Å². The SMILES string of the molecule is COc1ccc(-c2nnc(SCC(=O)c3ccc(Cl)cc3Cl)n2-c2ccccc2C(C)C)cc1. The Morgan fingerprint density at radius 3 is 2.44 bits per heavy atom. The molecule has 0 saturated heterocycles. The molecule has 4 rings (SSSR count). The van der Waals surface area contributed by atoms with Crippen molar-refractivity contribution in [3.05, 3.63) is 87.9 Å². The number of aromatic nitrogens is 3. The van der Waals surface area contributed by atoms with Gasteiger partial charge in [-0.2, -0.15) is 0 Å². The molecular formula is C26H23Cl2N3O2S. The number of methoxy groups -OCH3 is 1. The van der Waals surface area contributed by atoms with Crippen molar-refractivity contribution in [3.8, 4) is 22.8 Å². The van der Waals surface area contributed by atoms with Crippen LogP contribution in [0.25, 0.3) is 17.1 Å². The van der Waals surface area contributed by atoms with E-state index in [4.69, 9.17) is 27.9 Å². The van der Waals surface area contributed by atoms with Crippen LogP contribution in [0, 0.1) is 0 Å². The monoisotopic (exact) mass is 511 g/mol. The van der Waals surface area contributed by atoms with Crippen LogP contribution in [0.1, 0.15) is 35.7 Å². The molecule has 174 valence electrons. The summed E-state index contributed by atoms with van der Waals surface area (Å²) in [6.07, 6.45) is 0. The third-order valence-corrected chi connectivity index (χ3v) is 6.82. The molecule has 4 aromatic rings. The molecule has 3 aromatic carbocycles. The van der Waals surface area contributed by atoms with Crippen LogP contribution in [0.15, 0.2) is 71.9 Å². The largest absolute Gasteiger partial charge is 0.497 e. The van der Waals surface area contributed by atoms with Crippen molar-refractivity contribution in [1.82, 2.24) is 14.8 Å². The van der Waals surface area contributed by atoms with Gasteiger partial charge in [0.1, 0.15) is 5.75 Å². The van der Waals surface area contributed by atoms with Gasteiger partial charge in [0.2, 0.25) is 0 Å². The molecule has 5 nitrogen and oxygen atoms in total. The molecule has 0 unspecified atom stereocenters. The molecule has 0 spiro atoms. The number of carbonyl (C=O) groups excluding carboxylic acids is 1. The number of ketones is 1. The van der Waals surface area contributed by atoms with E-state index >= 15 is 0 Å². The van der Waals surface area contributed by atoms with Crippen LogP contribution in [0.3, 0.4) is 0 Å². The summed E-state index contributed by atoms with van der Waals surface area (Å²) in [6.45, 7) is 4.30. The van der Waals surface area contributed by atoms with Gasteiger partial charge in [-0.1, -0.05) is 67.0 Å². The maximum atomic E-state index is 12.9. The van der Waals surface area contributed by atoms with Crippen LogP contribution in [-0.4, -0.2) is 33.4 Å². The van der Waals surface area contributed by atoms with Crippen LogP contribution < -0.4 is 4.74 Å². The third kappa shape index (κ3) is 5.14. The molecule has 1 heterocycles. The number of rotatable bonds is 8. The fourth-order valence-corrected chi connectivity index (χ4v) is 4.95. The van der Waals surface area contributed by atoms with Gasteiger partial charge in [0.25, 0.3) is 0 Å². The van der Waals surface area contributed by atoms with Gasteiger partial charge in [-0.15, -0.1) is 10.2 Å². The lowest BCUT2D eigenvalue weighted by atomic mass is 10.0. The molecule has 1 aromatic heterocycles. The molecular weight excluding hydrogens is 489 g/mol. The highest BCUT2D eigenvalue weighted by atomic mass is 35.5. The van der Waals surface area contributed by atoms with Crippen LogP contribution in [0.4, 0.5) is 0 Å². The normalized spacial score (nSPS) is 11.1. The van der Waals surface area contributed by atoms with Crippen molar-refractivity contribution in [1.29, 1.82) is 0 Å². The molecule has 0 saturated carbocycles. The van der Waals surface area contributed by atoms with Gasteiger partial charge in [0, 0.05) is 16.1 Å². The first kappa shape index (κ1) is 24.3. The maximum Gasteiger partial charge on any atom is 0.196 e. The average molecular weight is 512 g/mol. The van der Waals surface area contributed by atoms with Gasteiger partial charge < -0.3 is 4.74 Å². The Bertz CT molecular complexity index is 1320. The first-order valence-electron chi connectivity index (χ1n) is 10.7.